The van der Waals surface area contributed by atoms with E-state index in [9.17, 15) is 4.79 Å². The van der Waals surface area contributed by atoms with Crippen LogP contribution in [-0.2, 0) is 6.54 Å². The van der Waals surface area contributed by atoms with Crippen LogP contribution >= 0.6 is 0 Å². The van der Waals surface area contributed by atoms with Gasteiger partial charge in [-0.25, -0.2) is 9.97 Å². The van der Waals surface area contributed by atoms with Gasteiger partial charge in [0.15, 0.2) is 5.82 Å². The second-order valence-electron chi connectivity index (χ2n) is 5.43. The third-order valence-electron chi connectivity index (χ3n) is 3.69. The van der Waals surface area contributed by atoms with Gasteiger partial charge < -0.3 is 5.32 Å². The second kappa shape index (κ2) is 5.63. The molecule has 1 atom stereocenters. The van der Waals surface area contributed by atoms with Gasteiger partial charge in [-0.15, -0.1) is 0 Å². The van der Waals surface area contributed by atoms with Crippen molar-refractivity contribution in [1.82, 2.24) is 25.1 Å². The van der Waals surface area contributed by atoms with E-state index >= 15 is 0 Å². The first kappa shape index (κ1) is 13.7. The number of aromatic nitrogens is 4. The zero-order chi connectivity index (χ0) is 14.8. The van der Waals surface area contributed by atoms with E-state index in [1.54, 1.807) is 23.3 Å². The van der Waals surface area contributed by atoms with Crippen LogP contribution in [0.2, 0.25) is 0 Å². The molecule has 2 aromatic heterocycles. The van der Waals surface area contributed by atoms with E-state index in [2.05, 4.69) is 20.4 Å². The van der Waals surface area contributed by atoms with Crippen molar-refractivity contribution in [2.75, 3.05) is 0 Å². The summed E-state index contributed by atoms with van der Waals surface area (Å²) in [4.78, 5) is 21.1. The molecule has 0 aliphatic heterocycles. The number of hydrogen-bond acceptors (Lipinski definition) is 4. The molecule has 1 amide bonds. The lowest BCUT2D eigenvalue weighted by molar-refractivity contribution is 0.0929. The Kier molecular flexibility index (Phi) is 3.68. The number of carbonyl (C=O) groups excluding carboxylic acids is 1. The van der Waals surface area contributed by atoms with Gasteiger partial charge in [-0.05, 0) is 38.7 Å². The summed E-state index contributed by atoms with van der Waals surface area (Å²) < 4.78 is 1.74. The minimum atomic E-state index is -0.114. The van der Waals surface area contributed by atoms with Gasteiger partial charge in [0.05, 0.1) is 17.8 Å². The van der Waals surface area contributed by atoms with E-state index in [-0.39, 0.29) is 11.9 Å². The van der Waals surface area contributed by atoms with Gasteiger partial charge in [-0.1, -0.05) is 0 Å². The molecule has 1 N–H and O–H groups in total. The van der Waals surface area contributed by atoms with Crippen molar-refractivity contribution in [3.8, 4) is 0 Å². The van der Waals surface area contributed by atoms with Gasteiger partial charge in [0.25, 0.3) is 5.91 Å². The molecule has 0 spiro atoms. The largest absolute Gasteiger partial charge is 0.342 e. The highest BCUT2D eigenvalue weighted by Crippen LogP contribution is 2.40. The third kappa shape index (κ3) is 3.09. The Morgan fingerprint density at radius 2 is 2.33 bits per heavy atom. The van der Waals surface area contributed by atoms with Crippen LogP contribution in [0.1, 0.15) is 47.7 Å². The summed E-state index contributed by atoms with van der Waals surface area (Å²) in [5.41, 5.74) is 1.49. The van der Waals surface area contributed by atoms with Gasteiger partial charge in [0.1, 0.15) is 0 Å². The highest BCUT2D eigenvalue weighted by atomic mass is 16.1. The Balaban J connectivity index is 1.77. The molecule has 0 saturated heterocycles. The van der Waals surface area contributed by atoms with Crippen LogP contribution in [0, 0.1) is 12.8 Å². The molecule has 0 bridgehead atoms. The second-order valence-corrected chi connectivity index (χ2v) is 5.43. The Morgan fingerprint density at radius 3 is 2.95 bits per heavy atom. The third-order valence-corrected chi connectivity index (χ3v) is 3.69. The quantitative estimate of drug-likeness (QED) is 0.910. The molecule has 2 heterocycles. The summed E-state index contributed by atoms with van der Waals surface area (Å²) in [7, 11) is 0. The van der Waals surface area contributed by atoms with Gasteiger partial charge >= 0.3 is 0 Å². The molecule has 1 aliphatic carbocycles. The average Bonchev–Trinajstić information content (AvgIpc) is 3.20. The van der Waals surface area contributed by atoms with E-state index in [1.165, 1.54) is 0 Å². The fraction of sp³-hybridized carbons (Fsp3) is 0.467. The maximum Gasteiger partial charge on any atom is 0.255 e. The number of aryl methyl sites for hydroxylation is 2. The Bertz CT molecular complexity index is 647. The van der Waals surface area contributed by atoms with E-state index in [4.69, 9.17) is 0 Å². The zero-order valence-corrected chi connectivity index (χ0v) is 12.3. The minimum Gasteiger partial charge on any atom is -0.342 e. The first-order valence-electron chi connectivity index (χ1n) is 7.30. The fourth-order valence-electron chi connectivity index (χ4n) is 2.32. The highest BCUT2D eigenvalue weighted by Gasteiger charge is 2.35. The van der Waals surface area contributed by atoms with Crippen molar-refractivity contribution < 1.29 is 4.79 Å². The van der Waals surface area contributed by atoms with Crippen molar-refractivity contribution in [2.24, 2.45) is 5.92 Å². The van der Waals surface area contributed by atoms with Crippen LogP contribution < -0.4 is 5.32 Å². The van der Waals surface area contributed by atoms with E-state index in [1.807, 2.05) is 19.9 Å². The van der Waals surface area contributed by atoms with E-state index in [0.717, 1.165) is 25.1 Å². The molecular weight excluding hydrogens is 266 g/mol. The maximum atomic E-state index is 12.4. The van der Waals surface area contributed by atoms with Gasteiger partial charge in [0, 0.05) is 24.6 Å². The molecular formula is C15H19N5O. The summed E-state index contributed by atoms with van der Waals surface area (Å²) in [5, 5.41) is 7.19. The van der Waals surface area contributed by atoms with Gasteiger partial charge in [-0.3, -0.25) is 9.48 Å². The van der Waals surface area contributed by atoms with Crippen LogP contribution in [0.25, 0.3) is 0 Å². The van der Waals surface area contributed by atoms with Crippen LogP contribution in [-0.4, -0.2) is 25.7 Å². The molecule has 6 nitrogen and oxygen atoms in total. The standard InChI is InChI=1S/C15H19N5O/c1-3-20-9-12(8-17-20)15(21)19-13(11-4-5-11)14-16-7-6-10(2)18-14/h6-9,11,13H,3-5H2,1-2H3,(H,19,21)/t13-/m1/s1. The Morgan fingerprint density at radius 1 is 1.52 bits per heavy atom. The predicted molar refractivity (Wildman–Crippen MR) is 77.6 cm³/mol. The maximum absolute atomic E-state index is 12.4. The lowest BCUT2D eigenvalue weighted by atomic mass is 10.1. The molecule has 2 aromatic rings. The number of rotatable bonds is 5. The smallest absolute Gasteiger partial charge is 0.255 e. The van der Waals surface area contributed by atoms with Crippen molar-refractivity contribution >= 4 is 5.91 Å². The van der Waals surface area contributed by atoms with Gasteiger partial charge in [-0.2, -0.15) is 5.10 Å². The SMILES string of the molecule is CCn1cc(C(=O)N[C@@H](c2nccc(C)n2)C2CC2)cn1. The van der Waals surface area contributed by atoms with E-state index in [0.29, 0.717) is 17.3 Å². The molecule has 3 rings (SSSR count). The summed E-state index contributed by atoms with van der Waals surface area (Å²) in [6.45, 7) is 4.67. The molecule has 110 valence electrons. The minimum absolute atomic E-state index is 0.109. The Hall–Kier alpha value is -2.24. The topological polar surface area (TPSA) is 72.7 Å². The summed E-state index contributed by atoms with van der Waals surface area (Å²) in [5.74, 6) is 1.03. The summed E-state index contributed by atoms with van der Waals surface area (Å²) >= 11 is 0. The number of amides is 1. The van der Waals surface area contributed by atoms with Crippen molar-refractivity contribution in [3.63, 3.8) is 0 Å². The first-order valence-corrected chi connectivity index (χ1v) is 7.30. The normalized spacial score (nSPS) is 15.7. The van der Waals surface area contributed by atoms with E-state index < -0.39 is 0 Å². The molecule has 1 aliphatic rings. The lowest BCUT2D eigenvalue weighted by Gasteiger charge is -2.16. The van der Waals surface area contributed by atoms with Crippen LogP contribution in [0.3, 0.4) is 0 Å². The molecule has 0 unspecified atom stereocenters. The molecule has 1 saturated carbocycles. The van der Waals surface area contributed by atoms with Crippen LogP contribution in [0.4, 0.5) is 0 Å². The van der Waals surface area contributed by atoms with Gasteiger partial charge in [0.2, 0.25) is 0 Å². The monoisotopic (exact) mass is 285 g/mol. The fourth-order valence-corrected chi connectivity index (χ4v) is 2.32. The summed E-state index contributed by atoms with van der Waals surface area (Å²) in [6, 6.07) is 1.75. The number of carbonyl (C=O) groups is 1. The first-order chi connectivity index (χ1) is 10.2. The summed E-state index contributed by atoms with van der Waals surface area (Å²) in [6.07, 6.45) is 7.32. The molecule has 6 heteroatoms. The molecule has 0 aromatic carbocycles. The molecule has 1 fully saturated rings. The van der Waals surface area contributed by atoms with Crippen molar-refractivity contribution in [3.05, 3.63) is 41.7 Å². The van der Waals surface area contributed by atoms with Crippen LogP contribution in [0.5, 0.6) is 0 Å². The Labute approximate surface area is 123 Å². The van der Waals surface area contributed by atoms with Crippen molar-refractivity contribution in [1.29, 1.82) is 0 Å². The zero-order valence-electron chi connectivity index (χ0n) is 12.3. The average molecular weight is 285 g/mol. The number of nitrogens with one attached hydrogen (secondary N) is 1. The predicted octanol–water partition coefficient (Wildman–Crippen LogP) is 1.88. The van der Waals surface area contributed by atoms with Crippen molar-refractivity contribution in [2.45, 2.75) is 39.3 Å². The van der Waals surface area contributed by atoms with Crippen LogP contribution in [0.15, 0.2) is 24.7 Å². The molecule has 0 radical (unpaired) electrons. The lowest BCUT2D eigenvalue weighted by Crippen LogP contribution is -2.31. The highest BCUT2D eigenvalue weighted by molar-refractivity contribution is 5.93. The number of hydrogen-bond donors (Lipinski definition) is 1. The number of nitrogens with zero attached hydrogens (tertiary/aromatic N) is 4. The molecule has 21 heavy (non-hydrogen) atoms.